The second kappa shape index (κ2) is 9.55. The van der Waals surface area contributed by atoms with E-state index in [4.69, 9.17) is 5.73 Å². The first-order valence-corrected chi connectivity index (χ1v) is 11.6. The number of sulfonamides is 1. The van der Waals surface area contributed by atoms with Crippen LogP contribution in [0.3, 0.4) is 0 Å². The Morgan fingerprint density at radius 2 is 1.70 bits per heavy atom. The fraction of sp³-hybridized carbons (Fsp3) is 0.429. The van der Waals surface area contributed by atoms with Crippen LogP contribution in [0.5, 0.6) is 0 Å². The molecular weight excluding hydrogens is 402 g/mol. The van der Waals surface area contributed by atoms with Crippen LogP contribution in [0.15, 0.2) is 53.6 Å². The number of carbonyl (C=O) groups is 1. The number of pyridine rings is 1. The SMILES string of the molecule is CCN(CC)S(=O)(=O)c1ccc(N2CCN([C@H](C(N)=O)c3ccccc3)CC2)nc1. The van der Waals surface area contributed by atoms with Gasteiger partial charge in [-0.2, -0.15) is 4.31 Å². The quantitative estimate of drug-likeness (QED) is 0.679. The highest BCUT2D eigenvalue weighted by molar-refractivity contribution is 7.89. The number of rotatable bonds is 8. The van der Waals surface area contributed by atoms with Crippen LogP contribution < -0.4 is 10.6 Å². The van der Waals surface area contributed by atoms with Crippen LogP contribution in [-0.2, 0) is 14.8 Å². The van der Waals surface area contributed by atoms with E-state index < -0.39 is 16.1 Å². The van der Waals surface area contributed by atoms with Crippen molar-refractivity contribution in [2.45, 2.75) is 24.8 Å². The topological polar surface area (TPSA) is 99.8 Å². The fourth-order valence-electron chi connectivity index (χ4n) is 3.82. The van der Waals surface area contributed by atoms with Crippen molar-refractivity contribution in [3.8, 4) is 0 Å². The number of piperazine rings is 1. The van der Waals surface area contributed by atoms with Crippen molar-refractivity contribution in [2.24, 2.45) is 5.73 Å². The molecule has 162 valence electrons. The van der Waals surface area contributed by atoms with E-state index in [0.29, 0.717) is 39.3 Å². The number of nitrogens with two attached hydrogens (primary N) is 1. The minimum atomic E-state index is -3.52. The third-order valence-electron chi connectivity index (χ3n) is 5.45. The molecule has 1 aliphatic rings. The summed E-state index contributed by atoms with van der Waals surface area (Å²) >= 11 is 0. The van der Waals surface area contributed by atoms with Gasteiger partial charge in [0, 0.05) is 45.5 Å². The number of hydrogen-bond acceptors (Lipinski definition) is 6. The number of nitrogens with zero attached hydrogens (tertiary/aromatic N) is 4. The van der Waals surface area contributed by atoms with Gasteiger partial charge < -0.3 is 10.6 Å². The highest BCUT2D eigenvalue weighted by Gasteiger charge is 2.29. The molecule has 0 bridgehead atoms. The van der Waals surface area contributed by atoms with Gasteiger partial charge in [0.2, 0.25) is 15.9 Å². The van der Waals surface area contributed by atoms with E-state index in [9.17, 15) is 13.2 Å². The van der Waals surface area contributed by atoms with Gasteiger partial charge >= 0.3 is 0 Å². The fourth-order valence-corrected chi connectivity index (χ4v) is 5.23. The number of primary amides is 1. The average Bonchev–Trinajstić information content (AvgIpc) is 2.76. The van der Waals surface area contributed by atoms with Gasteiger partial charge in [0.1, 0.15) is 16.8 Å². The highest BCUT2D eigenvalue weighted by atomic mass is 32.2. The minimum absolute atomic E-state index is 0.200. The van der Waals surface area contributed by atoms with Crippen molar-refractivity contribution in [1.82, 2.24) is 14.2 Å². The molecule has 3 rings (SSSR count). The molecule has 1 aromatic carbocycles. The van der Waals surface area contributed by atoms with Crippen LogP contribution >= 0.6 is 0 Å². The summed E-state index contributed by atoms with van der Waals surface area (Å²) in [5, 5.41) is 0. The summed E-state index contributed by atoms with van der Waals surface area (Å²) in [6, 6.07) is 12.4. The van der Waals surface area contributed by atoms with Crippen molar-refractivity contribution < 1.29 is 13.2 Å². The van der Waals surface area contributed by atoms with Gasteiger partial charge in [0.15, 0.2) is 0 Å². The Kier molecular flexibility index (Phi) is 7.06. The molecule has 1 amide bonds. The number of benzene rings is 1. The molecule has 0 spiro atoms. The molecule has 0 radical (unpaired) electrons. The molecule has 2 N–H and O–H groups in total. The Balaban J connectivity index is 1.68. The van der Waals surface area contributed by atoms with Crippen LogP contribution in [0.2, 0.25) is 0 Å². The molecule has 9 heteroatoms. The third kappa shape index (κ3) is 4.63. The van der Waals surface area contributed by atoms with E-state index in [1.54, 1.807) is 12.1 Å². The summed E-state index contributed by atoms with van der Waals surface area (Å²) in [7, 11) is -3.52. The first kappa shape index (κ1) is 22.2. The van der Waals surface area contributed by atoms with Crippen LogP contribution in [0.1, 0.15) is 25.5 Å². The number of carbonyl (C=O) groups excluding carboxylic acids is 1. The summed E-state index contributed by atoms with van der Waals surface area (Å²) < 4.78 is 26.7. The van der Waals surface area contributed by atoms with E-state index in [1.165, 1.54) is 10.5 Å². The summed E-state index contributed by atoms with van der Waals surface area (Å²) in [6.07, 6.45) is 1.42. The van der Waals surface area contributed by atoms with Gasteiger partial charge in [-0.3, -0.25) is 9.69 Å². The van der Waals surface area contributed by atoms with E-state index in [1.807, 2.05) is 44.2 Å². The van der Waals surface area contributed by atoms with Gasteiger partial charge in [-0.1, -0.05) is 44.2 Å². The summed E-state index contributed by atoms with van der Waals surface area (Å²) in [6.45, 7) is 7.13. The molecule has 0 aliphatic carbocycles. The molecule has 1 aromatic heterocycles. The van der Waals surface area contributed by atoms with E-state index in [-0.39, 0.29) is 10.8 Å². The smallest absolute Gasteiger partial charge is 0.244 e. The molecule has 0 unspecified atom stereocenters. The van der Waals surface area contributed by atoms with Crippen molar-refractivity contribution in [2.75, 3.05) is 44.2 Å². The Labute approximate surface area is 178 Å². The second-order valence-electron chi connectivity index (χ2n) is 7.18. The van der Waals surface area contributed by atoms with E-state index in [2.05, 4.69) is 14.8 Å². The van der Waals surface area contributed by atoms with Crippen LogP contribution in [0.4, 0.5) is 5.82 Å². The van der Waals surface area contributed by atoms with Gasteiger partial charge in [0.05, 0.1) is 0 Å². The van der Waals surface area contributed by atoms with Gasteiger partial charge in [-0.25, -0.2) is 13.4 Å². The zero-order chi connectivity index (χ0) is 21.7. The molecule has 8 nitrogen and oxygen atoms in total. The average molecular weight is 432 g/mol. The molecule has 1 fully saturated rings. The highest BCUT2D eigenvalue weighted by Crippen LogP contribution is 2.24. The lowest BCUT2D eigenvalue weighted by atomic mass is 10.0. The van der Waals surface area contributed by atoms with E-state index >= 15 is 0 Å². The summed E-state index contributed by atoms with van der Waals surface area (Å²) in [5.41, 5.74) is 6.57. The van der Waals surface area contributed by atoms with Crippen molar-refractivity contribution in [1.29, 1.82) is 0 Å². The normalized spacial score (nSPS) is 16.6. The minimum Gasteiger partial charge on any atom is -0.368 e. The van der Waals surface area contributed by atoms with Crippen LogP contribution in [-0.4, -0.2) is 67.8 Å². The first-order chi connectivity index (χ1) is 14.4. The third-order valence-corrected chi connectivity index (χ3v) is 7.49. The lowest BCUT2D eigenvalue weighted by Gasteiger charge is -2.38. The molecule has 30 heavy (non-hydrogen) atoms. The molecule has 2 heterocycles. The second-order valence-corrected chi connectivity index (χ2v) is 9.12. The molecule has 1 aliphatic heterocycles. The molecule has 1 saturated heterocycles. The Bertz CT molecular complexity index is 938. The standard InChI is InChI=1S/C21H29N5O3S/c1-3-26(4-2)30(28,29)18-10-11-19(23-16-18)24-12-14-25(15-13-24)20(21(22)27)17-8-6-5-7-9-17/h5-11,16,20H,3-4,12-15H2,1-2H3,(H2,22,27)/t20-/m0/s1. The Morgan fingerprint density at radius 1 is 1.07 bits per heavy atom. The predicted octanol–water partition coefficient (Wildman–Crippen LogP) is 1.46. The lowest BCUT2D eigenvalue weighted by Crippen LogP contribution is -2.50. The predicted molar refractivity (Wildman–Crippen MR) is 117 cm³/mol. The number of anilines is 1. The number of amides is 1. The maximum absolute atomic E-state index is 12.6. The van der Waals surface area contributed by atoms with Gasteiger partial charge in [0.25, 0.3) is 0 Å². The first-order valence-electron chi connectivity index (χ1n) is 10.2. The van der Waals surface area contributed by atoms with Crippen molar-refractivity contribution in [3.05, 3.63) is 54.2 Å². The zero-order valence-electron chi connectivity index (χ0n) is 17.4. The zero-order valence-corrected chi connectivity index (χ0v) is 18.3. The molecule has 1 atom stereocenters. The van der Waals surface area contributed by atoms with E-state index in [0.717, 1.165) is 11.4 Å². The monoisotopic (exact) mass is 431 g/mol. The number of aromatic nitrogens is 1. The number of hydrogen-bond donors (Lipinski definition) is 1. The van der Waals surface area contributed by atoms with Crippen molar-refractivity contribution in [3.63, 3.8) is 0 Å². The molecule has 2 aromatic rings. The summed E-state index contributed by atoms with van der Waals surface area (Å²) in [4.78, 5) is 20.8. The maximum atomic E-state index is 12.6. The molecule has 0 saturated carbocycles. The van der Waals surface area contributed by atoms with Gasteiger partial charge in [-0.05, 0) is 17.7 Å². The van der Waals surface area contributed by atoms with Crippen LogP contribution in [0, 0.1) is 0 Å². The van der Waals surface area contributed by atoms with Crippen molar-refractivity contribution >= 4 is 21.7 Å². The maximum Gasteiger partial charge on any atom is 0.244 e. The van der Waals surface area contributed by atoms with Crippen LogP contribution in [0.25, 0.3) is 0 Å². The Morgan fingerprint density at radius 3 is 2.20 bits per heavy atom. The lowest BCUT2D eigenvalue weighted by molar-refractivity contribution is -0.123. The Hall–Kier alpha value is -2.49. The van der Waals surface area contributed by atoms with Gasteiger partial charge in [-0.15, -0.1) is 0 Å². The summed E-state index contributed by atoms with van der Waals surface area (Å²) in [5.74, 6) is 0.363. The molecular formula is C21H29N5O3S. The largest absolute Gasteiger partial charge is 0.368 e.